The van der Waals surface area contributed by atoms with E-state index in [9.17, 15) is 0 Å². The van der Waals surface area contributed by atoms with E-state index in [0.717, 1.165) is 11.4 Å². The highest BCUT2D eigenvalue weighted by Crippen LogP contribution is 2.33. The van der Waals surface area contributed by atoms with E-state index in [-0.39, 0.29) is 0 Å². The zero-order chi connectivity index (χ0) is 38.1. The zero-order valence-electron chi connectivity index (χ0n) is 34.5. The maximum atomic E-state index is 6.04. The first-order chi connectivity index (χ1) is 26.6. The van der Waals surface area contributed by atoms with Crippen molar-refractivity contribution in [1.29, 1.82) is 0 Å². The molecule has 0 radical (unpaired) electrons. The van der Waals surface area contributed by atoms with E-state index >= 15 is 0 Å². The first-order valence-corrected chi connectivity index (χ1v) is 22.5. The molecule has 0 spiro atoms. The smallest absolute Gasteiger partial charge is 0.0314 e. The van der Waals surface area contributed by atoms with Crippen LogP contribution in [0.4, 0.5) is 11.4 Å². The van der Waals surface area contributed by atoms with E-state index in [2.05, 4.69) is 111 Å². The van der Waals surface area contributed by atoms with Crippen molar-refractivity contribution >= 4 is 11.4 Å². The highest BCUT2D eigenvalue weighted by atomic mass is 14.5. The fourth-order valence-electron chi connectivity index (χ4n) is 8.32. The zero-order valence-corrected chi connectivity index (χ0v) is 34.5. The van der Waals surface area contributed by atoms with E-state index in [1.54, 1.807) is 0 Å². The largest absolute Gasteiger partial charge is 0.399 e. The van der Waals surface area contributed by atoms with Gasteiger partial charge in [-0.3, -0.25) is 0 Å². The third-order valence-corrected chi connectivity index (χ3v) is 11.8. The molecule has 4 N–H and O–H groups in total. The molecule has 54 heavy (non-hydrogen) atoms. The molecule has 0 aliphatic heterocycles. The van der Waals surface area contributed by atoms with Crippen molar-refractivity contribution < 1.29 is 0 Å². The quantitative estimate of drug-likeness (QED) is 0.0432. The van der Waals surface area contributed by atoms with E-state index in [1.807, 2.05) is 0 Å². The molecule has 0 aromatic heterocycles. The van der Waals surface area contributed by atoms with Gasteiger partial charge in [0.05, 0.1) is 0 Å². The molecule has 0 heterocycles. The van der Waals surface area contributed by atoms with Gasteiger partial charge in [-0.25, -0.2) is 0 Å². The summed E-state index contributed by atoms with van der Waals surface area (Å²) >= 11 is 0. The molecular weight excluding hydrogens is 653 g/mol. The summed E-state index contributed by atoms with van der Waals surface area (Å²) in [7, 11) is 0. The Hall–Kier alpha value is -3.52. The van der Waals surface area contributed by atoms with Crippen LogP contribution in [0.5, 0.6) is 0 Å². The SMILES string of the molecule is CCCCCCCCCC(c1ccc(N)cc1)c1ccc(CCCCCCCCc2ccc(C(CCCCCCCCC)c3ccc(N)cc3)cc2)cc1. The van der Waals surface area contributed by atoms with E-state index < -0.39 is 0 Å². The Labute approximate surface area is 332 Å². The molecule has 4 aromatic rings. The number of unbranched alkanes of at least 4 members (excludes halogenated alkanes) is 17. The molecule has 0 saturated carbocycles. The molecule has 0 amide bonds. The summed E-state index contributed by atoms with van der Waals surface area (Å²) in [4.78, 5) is 0. The number of hydrogen-bond donors (Lipinski definition) is 2. The van der Waals surface area contributed by atoms with Crippen molar-refractivity contribution in [2.75, 3.05) is 11.5 Å². The summed E-state index contributed by atoms with van der Waals surface area (Å²) in [6, 6.07) is 36.4. The topological polar surface area (TPSA) is 52.0 Å². The van der Waals surface area contributed by atoms with Crippen molar-refractivity contribution in [3.8, 4) is 0 Å². The predicted molar refractivity (Wildman–Crippen MR) is 239 cm³/mol. The minimum absolute atomic E-state index is 0.458. The first kappa shape index (κ1) is 43.2. The Morgan fingerprint density at radius 1 is 0.315 bits per heavy atom. The van der Waals surface area contributed by atoms with Crippen molar-refractivity contribution in [3.05, 3.63) is 130 Å². The Balaban J connectivity index is 1.14. The van der Waals surface area contributed by atoms with Crippen molar-refractivity contribution in [1.82, 2.24) is 0 Å². The molecule has 2 heteroatoms. The highest BCUT2D eigenvalue weighted by molar-refractivity contribution is 5.44. The molecule has 0 saturated heterocycles. The van der Waals surface area contributed by atoms with Gasteiger partial charge in [0.15, 0.2) is 0 Å². The maximum Gasteiger partial charge on any atom is 0.0314 e. The molecule has 294 valence electrons. The molecule has 2 unspecified atom stereocenters. The fraction of sp³-hybridized carbons (Fsp3) is 0.538. The van der Waals surface area contributed by atoms with Crippen LogP contribution in [-0.4, -0.2) is 0 Å². The summed E-state index contributed by atoms with van der Waals surface area (Å²) in [5.41, 5.74) is 22.4. The minimum Gasteiger partial charge on any atom is -0.399 e. The Kier molecular flexibility index (Phi) is 21.1. The molecule has 0 fully saturated rings. The summed E-state index contributed by atoms with van der Waals surface area (Å²) in [5, 5.41) is 0. The molecule has 0 aliphatic rings. The Bertz CT molecular complexity index is 1370. The number of aryl methyl sites for hydroxylation is 2. The third-order valence-electron chi connectivity index (χ3n) is 11.8. The second-order valence-corrected chi connectivity index (χ2v) is 16.4. The molecule has 4 rings (SSSR count). The van der Waals surface area contributed by atoms with E-state index in [0.29, 0.717) is 11.8 Å². The van der Waals surface area contributed by atoms with E-state index in [4.69, 9.17) is 11.5 Å². The van der Waals surface area contributed by atoms with Gasteiger partial charge in [-0.05, 0) is 96.2 Å². The molecular formula is C52H76N2. The van der Waals surface area contributed by atoms with Crippen LogP contribution in [0.25, 0.3) is 0 Å². The van der Waals surface area contributed by atoms with Crippen LogP contribution in [0.15, 0.2) is 97.1 Å². The van der Waals surface area contributed by atoms with Crippen molar-refractivity contribution in [2.24, 2.45) is 0 Å². The number of benzene rings is 4. The average molecular weight is 729 g/mol. The van der Waals surface area contributed by atoms with Gasteiger partial charge in [-0.2, -0.15) is 0 Å². The monoisotopic (exact) mass is 729 g/mol. The lowest BCUT2D eigenvalue weighted by Gasteiger charge is -2.19. The molecule has 0 bridgehead atoms. The van der Waals surface area contributed by atoms with Crippen LogP contribution in [0, 0.1) is 0 Å². The summed E-state index contributed by atoms with van der Waals surface area (Å²) in [6.45, 7) is 4.59. The lowest BCUT2D eigenvalue weighted by Crippen LogP contribution is -2.02. The fourth-order valence-corrected chi connectivity index (χ4v) is 8.32. The van der Waals surface area contributed by atoms with Gasteiger partial charge in [0.25, 0.3) is 0 Å². The normalized spacial score (nSPS) is 12.6. The lowest BCUT2D eigenvalue weighted by atomic mass is 9.86. The Morgan fingerprint density at radius 2 is 0.574 bits per heavy atom. The number of hydrogen-bond acceptors (Lipinski definition) is 2. The van der Waals surface area contributed by atoms with Gasteiger partial charge < -0.3 is 11.5 Å². The van der Waals surface area contributed by atoms with Crippen molar-refractivity contribution in [3.63, 3.8) is 0 Å². The van der Waals surface area contributed by atoms with Crippen LogP contribution >= 0.6 is 0 Å². The number of rotatable bonds is 29. The van der Waals surface area contributed by atoms with E-state index in [1.165, 1.54) is 187 Å². The van der Waals surface area contributed by atoms with Crippen LogP contribution < -0.4 is 11.5 Å². The second kappa shape index (κ2) is 26.3. The maximum absolute atomic E-state index is 6.04. The summed E-state index contributed by atoms with van der Waals surface area (Å²) in [5.74, 6) is 0.916. The van der Waals surface area contributed by atoms with Gasteiger partial charge in [0, 0.05) is 23.2 Å². The van der Waals surface area contributed by atoms with Gasteiger partial charge in [-0.1, -0.05) is 202 Å². The second-order valence-electron chi connectivity index (χ2n) is 16.4. The number of anilines is 2. The van der Waals surface area contributed by atoms with Gasteiger partial charge in [-0.15, -0.1) is 0 Å². The molecule has 4 aromatic carbocycles. The van der Waals surface area contributed by atoms with Gasteiger partial charge in [0.2, 0.25) is 0 Å². The van der Waals surface area contributed by atoms with Crippen LogP contribution in [0.3, 0.4) is 0 Å². The number of nitrogens with two attached hydrogens (primary N) is 2. The lowest BCUT2D eigenvalue weighted by molar-refractivity contribution is 0.558. The van der Waals surface area contributed by atoms with Crippen molar-refractivity contribution in [2.45, 2.75) is 180 Å². The molecule has 0 aliphatic carbocycles. The average Bonchev–Trinajstić information content (AvgIpc) is 3.20. The predicted octanol–water partition coefficient (Wildman–Crippen LogP) is 15.5. The number of nitrogen functional groups attached to an aromatic ring is 2. The minimum atomic E-state index is 0.458. The van der Waals surface area contributed by atoms with Crippen LogP contribution in [-0.2, 0) is 12.8 Å². The van der Waals surface area contributed by atoms with Crippen LogP contribution in [0.2, 0.25) is 0 Å². The molecule has 2 atom stereocenters. The summed E-state index contributed by atoms with van der Waals surface area (Å²) < 4.78 is 0. The highest BCUT2D eigenvalue weighted by Gasteiger charge is 2.16. The summed E-state index contributed by atoms with van der Waals surface area (Å²) in [6.07, 6.45) is 31.7. The standard InChI is InChI=1S/C52H76N2/c1-3-5-7-9-11-17-21-25-51(47-35-39-49(53)40-36-47)45-31-27-43(28-32-45)23-19-15-13-14-16-20-24-44-29-33-46(34-30-44)52(48-37-41-50(54)42-38-48)26-22-18-12-10-8-6-4-2/h27-42,51-52H,3-26,53-54H2,1-2H3. The molecule has 2 nitrogen and oxygen atoms in total. The Morgan fingerprint density at radius 3 is 0.889 bits per heavy atom. The van der Waals surface area contributed by atoms with Gasteiger partial charge >= 0.3 is 0 Å². The van der Waals surface area contributed by atoms with Gasteiger partial charge in [0.1, 0.15) is 0 Å². The third kappa shape index (κ3) is 16.5. The van der Waals surface area contributed by atoms with Crippen LogP contribution in [0.1, 0.15) is 200 Å². The first-order valence-electron chi connectivity index (χ1n) is 22.5.